The summed E-state index contributed by atoms with van der Waals surface area (Å²) >= 11 is 7.53. The van der Waals surface area contributed by atoms with Crippen molar-refractivity contribution in [2.75, 3.05) is 7.11 Å². The van der Waals surface area contributed by atoms with Crippen LogP contribution in [0.15, 0.2) is 24.3 Å². The predicted octanol–water partition coefficient (Wildman–Crippen LogP) is 4.33. The summed E-state index contributed by atoms with van der Waals surface area (Å²) in [4.78, 5) is 21.3. The van der Waals surface area contributed by atoms with Gasteiger partial charge in [0, 0.05) is 17.0 Å². The molecule has 0 fully saturated rings. The Morgan fingerprint density at radius 2 is 2.04 bits per heavy atom. The second-order valence-electron chi connectivity index (χ2n) is 5.22. The van der Waals surface area contributed by atoms with Crippen molar-refractivity contribution in [3.05, 3.63) is 50.6 Å². The third kappa shape index (κ3) is 3.34. The fourth-order valence-corrected chi connectivity index (χ4v) is 3.34. The van der Waals surface area contributed by atoms with Crippen molar-refractivity contribution in [1.82, 2.24) is 9.97 Å². The minimum Gasteiger partial charge on any atom is -0.497 e. The number of methoxy groups -OCH3 is 1. The Bertz CT molecular complexity index is 924. The maximum Gasteiger partial charge on any atom is 0.350 e. The second-order valence-corrected chi connectivity index (χ2v) is 6.78. The van der Waals surface area contributed by atoms with Gasteiger partial charge in [0.1, 0.15) is 22.4 Å². The second kappa shape index (κ2) is 6.75. The van der Waals surface area contributed by atoms with Gasteiger partial charge in [-0.05, 0) is 32.0 Å². The van der Waals surface area contributed by atoms with E-state index in [4.69, 9.17) is 21.1 Å². The van der Waals surface area contributed by atoms with Crippen LogP contribution in [0.2, 0.25) is 5.15 Å². The molecule has 0 amide bonds. The lowest BCUT2D eigenvalue weighted by Crippen LogP contribution is -2.05. The molecular weight excluding hydrogens is 348 g/mol. The lowest BCUT2D eigenvalue weighted by molar-refractivity contribution is 0.0477. The van der Waals surface area contributed by atoms with Crippen LogP contribution in [0.4, 0.5) is 0 Å². The van der Waals surface area contributed by atoms with Crippen LogP contribution < -0.4 is 4.74 Å². The van der Waals surface area contributed by atoms with Crippen LogP contribution in [0.25, 0.3) is 10.9 Å². The van der Waals surface area contributed by atoms with Crippen LogP contribution in [-0.2, 0) is 11.3 Å². The molecule has 7 heteroatoms. The molecule has 3 aromatic rings. The number of hydrogen-bond donors (Lipinski definition) is 0. The third-order valence-corrected chi connectivity index (χ3v) is 4.88. The van der Waals surface area contributed by atoms with Crippen molar-refractivity contribution in [3.8, 4) is 5.75 Å². The Labute approximate surface area is 148 Å². The van der Waals surface area contributed by atoms with Crippen molar-refractivity contribution in [2.45, 2.75) is 20.5 Å². The first kappa shape index (κ1) is 16.7. The highest BCUT2D eigenvalue weighted by atomic mass is 35.5. The van der Waals surface area contributed by atoms with E-state index in [-0.39, 0.29) is 6.61 Å². The fourth-order valence-electron chi connectivity index (χ4n) is 2.32. The highest BCUT2D eigenvalue weighted by molar-refractivity contribution is 7.13. The highest BCUT2D eigenvalue weighted by Crippen LogP contribution is 2.25. The zero-order chi connectivity index (χ0) is 17.3. The summed E-state index contributed by atoms with van der Waals surface area (Å²) in [6, 6.07) is 7.40. The predicted molar refractivity (Wildman–Crippen MR) is 94.0 cm³/mol. The molecule has 0 aliphatic heterocycles. The Balaban J connectivity index is 1.81. The number of carbonyl (C=O) groups excluding carboxylic acids is 1. The quantitative estimate of drug-likeness (QED) is 0.510. The third-order valence-electron chi connectivity index (χ3n) is 3.50. The topological polar surface area (TPSA) is 61.3 Å². The molecule has 0 unspecified atom stereocenters. The molecule has 0 saturated heterocycles. The first-order chi connectivity index (χ1) is 11.5. The molecule has 1 aromatic carbocycles. The molecule has 0 spiro atoms. The SMILES string of the molecule is COc1ccc2cc(COC(=O)c3sc(C)nc3C)c(Cl)nc2c1. The average Bonchev–Trinajstić information content (AvgIpc) is 2.90. The summed E-state index contributed by atoms with van der Waals surface area (Å²) in [6.45, 7) is 3.70. The summed E-state index contributed by atoms with van der Waals surface area (Å²) < 4.78 is 10.5. The van der Waals surface area contributed by atoms with Gasteiger partial charge in [-0.3, -0.25) is 0 Å². The van der Waals surface area contributed by atoms with E-state index in [1.165, 1.54) is 11.3 Å². The van der Waals surface area contributed by atoms with E-state index >= 15 is 0 Å². The average molecular weight is 363 g/mol. The maximum absolute atomic E-state index is 12.2. The van der Waals surface area contributed by atoms with Crippen LogP contribution in [0.1, 0.15) is 25.9 Å². The number of nitrogens with zero attached hydrogens (tertiary/aromatic N) is 2. The Hall–Kier alpha value is -2.18. The summed E-state index contributed by atoms with van der Waals surface area (Å²) in [7, 11) is 1.60. The van der Waals surface area contributed by atoms with Crippen LogP contribution in [-0.4, -0.2) is 23.0 Å². The van der Waals surface area contributed by atoms with E-state index in [2.05, 4.69) is 9.97 Å². The Kier molecular flexibility index (Phi) is 4.69. The molecule has 2 heterocycles. The van der Waals surface area contributed by atoms with Gasteiger partial charge in [0.25, 0.3) is 0 Å². The van der Waals surface area contributed by atoms with Crippen molar-refractivity contribution in [2.24, 2.45) is 0 Å². The van der Waals surface area contributed by atoms with Gasteiger partial charge in [0.05, 0.1) is 23.3 Å². The number of ether oxygens (including phenoxy) is 2. The zero-order valence-corrected chi connectivity index (χ0v) is 15.0. The molecule has 0 aliphatic rings. The van der Waals surface area contributed by atoms with Crippen molar-refractivity contribution in [1.29, 1.82) is 0 Å². The van der Waals surface area contributed by atoms with Gasteiger partial charge in [-0.2, -0.15) is 0 Å². The molecule has 124 valence electrons. The zero-order valence-electron chi connectivity index (χ0n) is 13.4. The molecule has 5 nitrogen and oxygen atoms in total. The Morgan fingerprint density at radius 1 is 1.25 bits per heavy atom. The van der Waals surface area contributed by atoms with Gasteiger partial charge in [-0.1, -0.05) is 11.6 Å². The largest absolute Gasteiger partial charge is 0.497 e. The molecule has 0 bridgehead atoms. The molecule has 3 rings (SSSR count). The van der Waals surface area contributed by atoms with E-state index in [0.29, 0.717) is 27.0 Å². The molecular formula is C17H15ClN2O3S. The first-order valence-corrected chi connectivity index (χ1v) is 8.41. The normalized spacial score (nSPS) is 10.8. The number of halogens is 1. The van der Waals surface area contributed by atoms with Crippen LogP contribution in [0.3, 0.4) is 0 Å². The monoisotopic (exact) mass is 362 g/mol. The smallest absolute Gasteiger partial charge is 0.350 e. The van der Waals surface area contributed by atoms with Crippen LogP contribution >= 0.6 is 22.9 Å². The minimum atomic E-state index is -0.399. The summed E-state index contributed by atoms with van der Waals surface area (Å²) in [5.41, 5.74) is 2.06. The fraction of sp³-hybridized carbons (Fsp3) is 0.235. The molecule has 24 heavy (non-hydrogen) atoms. The summed E-state index contributed by atoms with van der Waals surface area (Å²) in [5.74, 6) is 0.310. The van der Waals surface area contributed by atoms with E-state index in [0.717, 1.165) is 15.9 Å². The van der Waals surface area contributed by atoms with E-state index in [9.17, 15) is 4.79 Å². The van der Waals surface area contributed by atoms with Gasteiger partial charge in [-0.15, -0.1) is 11.3 Å². The van der Waals surface area contributed by atoms with Crippen molar-refractivity contribution >= 4 is 39.8 Å². The number of carbonyl (C=O) groups is 1. The maximum atomic E-state index is 12.2. The number of thiazole rings is 1. The first-order valence-electron chi connectivity index (χ1n) is 7.22. The molecule has 0 radical (unpaired) electrons. The van der Waals surface area contributed by atoms with Crippen LogP contribution in [0.5, 0.6) is 5.75 Å². The van der Waals surface area contributed by atoms with Gasteiger partial charge in [0.15, 0.2) is 0 Å². The van der Waals surface area contributed by atoms with Crippen molar-refractivity contribution < 1.29 is 14.3 Å². The molecule has 2 aromatic heterocycles. The van der Waals surface area contributed by atoms with E-state index in [1.54, 1.807) is 20.1 Å². The standard InChI is InChI=1S/C17H15ClN2O3S/c1-9-15(24-10(2)19-9)17(21)23-8-12-6-11-4-5-13(22-3)7-14(11)20-16(12)18/h4-7H,8H2,1-3H3. The molecule has 0 N–H and O–H groups in total. The number of fused-ring (bicyclic) bond motifs is 1. The van der Waals surface area contributed by atoms with Gasteiger partial charge in [0.2, 0.25) is 0 Å². The van der Waals surface area contributed by atoms with E-state index < -0.39 is 5.97 Å². The number of rotatable bonds is 4. The van der Waals surface area contributed by atoms with Gasteiger partial charge in [-0.25, -0.2) is 14.8 Å². The van der Waals surface area contributed by atoms with Gasteiger partial charge >= 0.3 is 5.97 Å². The number of aromatic nitrogens is 2. The lowest BCUT2D eigenvalue weighted by atomic mass is 10.1. The number of pyridine rings is 1. The Morgan fingerprint density at radius 3 is 2.71 bits per heavy atom. The number of hydrogen-bond acceptors (Lipinski definition) is 6. The number of benzene rings is 1. The number of aryl methyl sites for hydroxylation is 2. The van der Waals surface area contributed by atoms with E-state index in [1.807, 2.05) is 25.1 Å². The molecule has 0 atom stereocenters. The summed E-state index contributed by atoms with van der Waals surface area (Å²) in [5, 5.41) is 2.04. The van der Waals surface area contributed by atoms with Crippen molar-refractivity contribution in [3.63, 3.8) is 0 Å². The number of esters is 1. The lowest BCUT2D eigenvalue weighted by Gasteiger charge is -2.08. The minimum absolute atomic E-state index is 0.0586. The van der Waals surface area contributed by atoms with Gasteiger partial charge < -0.3 is 9.47 Å². The summed E-state index contributed by atoms with van der Waals surface area (Å²) in [6.07, 6.45) is 0. The molecule has 0 aliphatic carbocycles. The highest BCUT2D eigenvalue weighted by Gasteiger charge is 2.16. The van der Waals surface area contributed by atoms with Crippen LogP contribution in [0, 0.1) is 13.8 Å². The molecule has 0 saturated carbocycles.